The van der Waals surface area contributed by atoms with Crippen molar-refractivity contribution in [1.82, 2.24) is 9.62 Å². The Bertz CT molecular complexity index is 696. The Kier molecular flexibility index (Phi) is 4.70. The highest BCUT2D eigenvalue weighted by Gasteiger charge is 2.23. The predicted octanol–water partition coefficient (Wildman–Crippen LogP) is 1.05. The summed E-state index contributed by atoms with van der Waals surface area (Å²) in [6.45, 7) is 3.76. The highest BCUT2D eigenvalue weighted by Crippen LogP contribution is 2.23. The maximum Gasteiger partial charge on any atom is 0.240 e. The van der Waals surface area contributed by atoms with Crippen molar-refractivity contribution in [3.05, 3.63) is 29.3 Å². The molecule has 3 rings (SSSR count). The van der Waals surface area contributed by atoms with Gasteiger partial charge in [0.15, 0.2) is 0 Å². The Morgan fingerprint density at radius 1 is 1.39 bits per heavy atom. The molecule has 0 spiro atoms. The van der Waals surface area contributed by atoms with Gasteiger partial charge in [0.1, 0.15) is 0 Å². The molecule has 7 heteroatoms. The first-order chi connectivity index (χ1) is 11.0. The normalized spacial score (nSPS) is 21.3. The number of carbonyl (C=O) groups is 1. The lowest BCUT2D eigenvalue weighted by Gasteiger charge is -2.28. The first-order valence-corrected chi connectivity index (χ1v) is 9.42. The highest BCUT2D eigenvalue weighted by molar-refractivity contribution is 7.89. The molecule has 1 amide bonds. The van der Waals surface area contributed by atoms with E-state index in [2.05, 4.69) is 4.72 Å². The van der Waals surface area contributed by atoms with Crippen molar-refractivity contribution in [2.45, 2.75) is 43.7 Å². The Morgan fingerprint density at radius 2 is 2.22 bits per heavy atom. The maximum atomic E-state index is 12.4. The van der Waals surface area contributed by atoms with Crippen LogP contribution in [-0.2, 0) is 32.5 Å². The first-order valence-electron chi connectivity index (χ1n) is 7.94. The summed E-state index contributed by atoms with van der Waals surface area (Å²) < 4.78 is 32.9. The van der Waals surface area contributed by atoms with Crippen LogP contribution in [0.4, 0.5) is 0 Å². The molecule has 2 aliphatic rings. The summed E-state index contributed by atoms with van der Waals surface area (Å²) in [5, 5.41) is 0. The summed E-state index contributed by atoms with van der Waals surface area (Å²) in [7, 11) is -3.52. The summed E-state index contributed by atoms with van der Waals surface area (Å²) in [5.41, 5.74) is 2.02. The molecule has 1 aromatic rings. The van der Waals surface area contributed by atoms with Gasteiger partial charge in [0.25, 0.3) is 0 Å². The lowest BCUT2D eigenvalue weighted by atomic mass is 10.00. The third-order valence-corrected chi connectivity index (χ3v) is 5.89. The van der Waals surface area contributed by atoms with Crippen LogP contribution in [0.3, 0.4) is 0 Å². The number of amides is 1. The molecule has 6 nitrogen and oxygen atoms in total. The zero-order valence-corrected chi connectivity index (χ0v) is 14.1. The second kappa shape index (κ2) is 6.59. The van der Waals surface area contributed by atoms with Crippen molar-refractivity contribution in [3.63, 3.8) is 0 Å². The van der Waals surface area contributed by atoms with Crippen molar-refractivity contribution in [1.29, 1.82) is 0 Å². The molecule has 1 aromatic carbocycles. The Labute approximate surface area is 136 Å². The van der Waals surface area contributed by atoms with E-state index < -0.39 is 10.0 Å². The van der Waals surface area contributed by atoms with E-state index in [0.717, 1.165) is 24.0 Å². The molecule has 1 atom stereocenters. The summed E-state index contributed by atoms with van der Waals surface area (Å²) in [6, 6.07) is 5.15. The van der Waals surface area contributed by atoms with Gasteiger partial charge in [-0.2, -0.15) is 0 Å². The number of carbonyl (C=O) groups excluding carboxylic acids is 1. The largest absolute Gasteiger partial charge is 0.377 e. The molecular formula is C16H22N2O4S. The van der Waals surface area contributed by atoms with Crippen molar-refractivity contribution < 1.29 is 17.9 Å². The van der Waals surface area contributed by atoms with Gasteiger partial charge >= 0.3 is 0 Å². The molecule has 1 saturated heterocycles. The molecule has 0 aliphatic carbocycles. The van der Waals surface area contributed by atoms with Gasteiger partial charge in [-0.25, -0.2) is 13.1 Å². The molecule has 0 radical (unpaired) electrons. The van der Waals surface area contributed by atoms with E-state index in [1.165, 1.54) is 0 Å². The van der Waals surface area contributed by atoms with Gasteiger partial charge in [-0.15, -0.1) is 0 Å². The fourth-order valence-electron chi connectivity index (χ4n) is 3.06. The molecular weight excluding hydrogens is 316 g/mol. The zero-order chi connectivity index (χ0) is 16.4. The number of rotatable bonds is 4. The summed E-state index contributed by atoms with van der Waals surface area (Å²) >= 11 is 0. The topological polar surface area (TPSA) is 75.7 Å². The summed E-state index contributed by atoms with van der Waals surface area (Å²) in [5.74, 6) is 0.0468. The van der Waals surface area contributed by atoms with Crippen LogP contribution in [0, 0.1) is 0 Å². The number of nitrogens with one attached hydrogen (secondary N) is 1. The van der Waals surface area contributed by atoms with Crippen LogP contribution < -0.4 is 4.72 Å². The van der Waals surface area contributed by atoms with Crippen molar-refractivity contribution in [2.75, 3.05) is 19.7 Å². The quantitative estimate of drug-likeness (QED) is 0.890. The minimum Gasteiger partial charge on any atom is -0.377 e. The van der Waals surface area contributed by atoms with Crippen LogP contribution in [-0.4, -0.2) is 45.0 Å². The fraction of sp³-hybridized carbons (Fsp3) is 0.562. The standard InChI is InChI=1S/C16H22N2O4S/c1-12(19)18-7-6-13-9-16(5-4-14(13)11-18)23(20,21)17-10-15-3-2-8-22-15/h4-5,9,15,17H,2-3,6-8,10-11H2,1H3/t15-/m1/s1. The van der Waals surface area contributed by atoms with Crippen LogP contribution in [0.25, 0.3) is 0 Å². The minimum absolute atomic E-state index is 0.0217. The monoisotopic (exact) mass is 338 g/mol. The first kappa shape index (κ1) is 16.4. The Hall–Kier alpha value is -1.44. The van der Waals surface area contributed by atoms with Gasteiger partial charge in [0, 0.05) is 33.2 Å². The van der Waals surface area contributed by atoms with Crippen LogP contribution in [0.2, 0.25) is 0 Å². The van der Waals surface area contributed by atoms with E-state index in [4.69, 9.17) is 4.74 Å². The third-order valence-electron chi connectivity index (χ3n) is 4.47. The zero-order valence-electron chi connectivity index (χ0n) is 13.2. The van der Waals surface area contributed by atoms with E-state index in [1.54, 1.807) is 24.0 Å². The SMILES string of the molecule is CC(=O)N1CCc2cc(S(=O)(=O)NC[C@H]3CCCO3)ccc2C1. The lowest BCUT2D eigenvalue weighted by Crippen LogP contribution is -2.35. The lowest BCUT2D eigenvalue weighted by molar-refractivity contribution is -0.129. The molecule has 2 heterocycles. The van der Waals surface area contributed by atoms with Crippen molar-refractivity contribution in [2.24, 2.45) is 0 Å². The van der Waals surface area contributed by atoms with Crippen LogP contribution in [0.15, 0.2) is 23.1 Å². The van der Waals surface area contributed by atoms with E-state index in [1.807, 2.05) is 6.07 Å². The molecule has 23 heavy (non-hydrogen) atoms. The number of benzene rings is 1. The average Bonchev–Trinajstić information content (AvgIpc) is 3.05. The summed E-state index contributed by atoms with van der Waals surface area (Å²) in [4.78, 5) is 13.5. The molecule has 2 aliphatic heterocycles. The number of fused-ring (bicyclic) bond motifs is 1. The second-order valence-corrected chi connectivity index (χ2v) is 7.87. The molecule has 0 aromatic heterocycles. The van der Waals surface area contributed by atoms with Gasteiger partial charge < -0.3 is 9.64 Å². The fourth-order valence-corrected chi connectivity index (χ4v) is 4.17. The summed E-state index contributed by atoms with van der Waals surface area (Å²) in [6.07, 6.45) is 2.54. The number of ether oxygens (including phenoxy) is 1. The van der Waals surface area contributed by atoms with Gasteiger partial charge in [0.05, 0.1) is 11.0 Å². The van der Waals surface area contributed by atoms with Gasteiger partial charge in [0.2, 0.25) is 15.9 Å². The predicted molar refractivity (Wildman–Crippen MR) is 85.4 cm³/mol. The van der Waals surface area contributed by atoms with E-state index in [-0.39, 0.29) is 16.9 Å². The smallest absolute Gasteiger partial charge is 0.240 e. The number of hydrogen-bond acceptors (Lipinski definition) is 4. The number of sulfonamides is 1. The van der Waals surface area contributed by atoms with E-state index in [0.29, 0.717) is 32.7 Å². The van der Waals surface area contributed by atoms with E-state index in [9.17, 15) is 13.2 Å². The Balaban J connectivity index is 1.72. The molecule has 1 fully saturated rings. The van der Waals surface area contributed by atoms with Crippen LogP contribution in [0.1, 0.15) is 30.9 Å². The number of hydrogen-bond donors (Lipinski definition) is 1. The molecule has 0 saturated carbocycles. The second-order valence-electron chi connectivity index (χ2n) is 6.11. The minimum atomic E-state index is -3.52. The van der Waals surface area contributed by atoms with Gasteiger partial charge in [-0.1, -0.05) is 6.07 Å². The van der Waals surface area contributed by atoms with Gasteiger partial charge in [-0.05, 0) is 42.5 Å². The number of nitrogens with zero attached hydrogens (tertiary/aromatic N) is 1. The van der Waals surface area contributed by atoms with Crippen molar-refractivity contribution >= 4 is 15.9 Å². The van der Waals surface area contributed by atoms with Crippen LogP contribution >= 0.6 is 0 Å². The molecule has 0 bridgehead atoms. The Morgan fingerprint density at radius 3 is 2.91 bits per heavy atom. The molecule has 1 N–H and O–H groups in total. The highest BCUT2D eigenvalue weighted by atomic mass is 32.2. The third kappa shape index (κ3) is 3.73. The van der Waals surface area contributed by atoms with Gasteiger partial charge in [-0.3, -0.25) is 4.79 Å². The molecule has 0 unspecified atom stereocenters. The average molecular weight is 338 g/mol. The maximum absolute atomic E-state index is 12.4. The van der Waals surface area contributed by atoms with Crippen molar-refractivity contribution in [3.8, 4) is 0 Å². The molecule has 126 valence electrons. The van der Waals surface area contributed by atoms with E-state index >= 15 is 0 Å². The van der Waals surface area contributed by atoms with Crippen LogP contribution in [0.5, 0.6) is 0 Å².